The molecule has 0 spiro atoms. The monoisotopic (exact) mass is 361 g/mol. The van der Waals surface area contributed by atoms with Crippen LogP contribution in [0.25, 0.3) is 16.8 Å². The molecule has 4 rings (SSSR count). The minimum absolute atomic E-state index is 0.0577. The third kappa shape index (κ3) is 2.94. The second-order valence-electron chi connectivity index (χ2n) is 5.51. The highest BCUT2D eigenvalue weighted by Crippen LogP contribution is 2.32. The summed E-state index contributed by atoms with van der Waals surface area (Å²) in [4.78, 5) is 13.2. The summed E-state index contributed by atoms with van der Waals surface area (Å²) in [5, 5.41) is 19.2. The molecular weight excluding hydrogens is 346 g/mol. The first-order valence-corrected chi connectivity index (χ1v) is 8.41. The summed E-state index contributed by atoms with van der Waals surface area (Å²) in [7, 11) is 0. The lowest BCUT2D eigenvalue weighted by atomic mass is 10.2. The van der Waals surface area contributed by atoms with E-state index in [-0.39, 0.29) is 5.00 Å². The van der Waals surface area contributed by atoms with E-state index in [9.17, 15) is 10.1 Å². The Morgan fingerprint density at radius 1 is 1.36 bits per heavy atom. The molecule has 0 radical (unpaired) electrons. The molecule has 25 heavy (non-hydrogen) atoms. The van der Waals surface area contributed by atoms with Gasteiger partial charge in [0, 0.05) is 31.4 Å². The number of nitrogens with one attached hydrogen (secondary N) is 1. The maximum absolute atomic E-state index is 10.9. The van der Waals surface area contributed by atoms with Crippen molar-refractivity contribution in [1.82, 2.24) is 19.8 Å². The molecule has 0 aliphatic carbocycles. The Kier molecular flexibility index (Phi) is 3.86. The van der Waals surface area contributed by atoms with E-state index >= 15 is 0 Å². The van der Waals surface area contributed by atoms with Crippen molar-refractivity contribution in [2.45, 2.75) is 0 Å². The predicted octanol–water partition coefficient (Wildman–Crippen LogP) is 0.945. The van der Waals surface area contributed by atoms with Crippen LogP contribution in [0.15, 0.2) is 29.7 Å². The second kappa shape index (κ2) is 6.18. The lowest BCUT2D eigenvalue weighted by molar-refractivity contribution is -0.380. The van der Waals surface area contributed by atoms with Gasteiger partial charge in [-0.25, -0.2) is 4.68 Å². The summed E-state index contributed by atoms with van der Waals surface area (Å²) in [5.41, 5.74) is 10.6. The molecule has 0 bridgehead atoms. The Bertz CT molecular complexity index is 879. The summed E-state index contributed by atoms with van der Waals surface area (Å²) < 4.78 is 7.02. The van der Waals surface area contributed by atoms with Crippen LogP contribution in [0.5, 0.6) is 0 Å². The van der Waals surface area contributed by atoms with Gasteiger partial charge < -0.3 is 15.4 Å². The first-order valence-electron chi connectivity index (χ1n) is 7.60. The van der Waals surface area contributed by atoms with Gasteiger partial charge in [-0.2, -0.15) is 0 Å². The lowest BCUT2D eigenvalue weighted by Crippen LogP contribution is -2.34. The van der Waals surface area contributed by atoms with E-state index in [1.54, 1.807) is 16.8 Å². The molecule has 10 nitrogen and oxygen atoms in total. The van der Waals surface area contributed by atoms with Crippen molar-refractivity contribution in [3.8, 4) is 10.7 Å². The molecule has 2 aliphatic heterocycles. The quantitative estimate of drug-likeness (QED) is 0.611. The Labute approximate surface area is 146 Å². The van der Waals surface area contributed by atoms with Gasteiger partial charge in [-0.05, 0) is 6.07 Å². The molecule has 2 aliphatic rings. The SMILES string of the molecule is NC1=Cc2nnc(-c3ccc([N+](=O)[O-])s3)n2NC1=CN1CCOCC1. The highest BCUT2D eigenvalue weighted by Gasteiger charge is 2.22. The highest BCUT2D eigenvalue weighted by molar-refractivity contribution is 7.18. The van der Waals surface area contributed by atoms with Gasteiger partial charge in [0.15, 0.2) is 11.6 Å². The Morgan fingerprint density at radius 3 is 2.88 bits per heavy atom. The number of hydrogen-bond acceptors (Lipinski definition) is 9. The Balaban J connectivity index is 1.66. The molecular formula is C14H15N7O3S. The van der Waals surface area contributed by atoms with Crippen LogP contribution in [0.2, 0.25) is 0 Å². The molecule has 0 unspecified atom stereocenters. The summed E-state index contributed by atoms with van der Waals surface area (Å²) in [5.74, 6) is 1.05. The molecule has 0 atom stereocenters. The zero-order chi connectivity index (χ0) is 17.4. The van der Waals surface area contributed by atoms with E-state index in [0.29, 0.717) is 35.4 Å². The van der Waals surface area contributed by atoms with E-state index in [2.05, 4.69) is 20.5 Å². The standard InChI is InChI=1S/C14H15N7O3S/c15-9-7-12-16-17-14(11-1-2-13(25-11)21(22)23)20(12)18-10(9)8-19-3-5-24-6-4-19/h1-2,7-8,18H,3-6,15H2. The van der Waals surface area contributed by atoms with Crippen LogP contribution < -0.4 is 11.2 Å². The van der Waals surface area contributed by atoms with Gasteiger partial charge >= 0.3 is 5.00 Å². The fraction of sp³-hybridized carbons (Fsp3) is 0.286. The smallest absolute Gasteiger partial charge is 0.324 e. The Morgan fingerprint density at radius 2 is 2.16 bits per heavy atom. The minimum Gasteiger partial charge on any atom is -0.397 e. The maximum Gasteiger partial charge on any atom is 0.324 e. The van der Waals surface area contributed by atoms with Gasteiger partial charge in [-0.15, -0.1) is 10.2 Å². The number of hydrogen-bond donors (Lipinski definition) is 2. The number of rotatable bonds is 3. The number of ether oxygens (including phenoxy) is 1. The van der Waals surface area contributed by atoms with E-state index < -0.39 is 4.92 Å². The first kappa shape index (κ1) is 15.6. The third-order valence-corrected chi connectivity index (χ3v) is 4.90. The number of nitro groups is 1. The zero-order valence-corrected chi connectivity index (χ0v) is 13.9. The molecule has 3 N–H and O–H groups in total. The summed E-state index contributed by atoms with van der Waals surface area (Å²) in [6, 6.07) is 3.12. The highest BCUT2D eigenvalue weighted by atomic mass is 32.1. The van der Waals surface area contributed by atoms with Crippen LogP contribution in [0.4, 0.5) is 5.00 Å². The van der Waals surface area contributed by atoms with Crippen molar-refractivity contribution in [1.29, 1.82) is 0 Å². The molecule has 2 aromatic heterocycles. The number of fused-ring (bicyclic) bond motifs is 1. The van der Waals surface area contributed by atoms with E-state index in [1.807, 2.05) is 6.20 Å². The fourth-order valence-electron chi connectivity index (χ4n) is 2.60. The summed E-state index contributed by atoms with van der Waals surface area (Å²) >= 11 is 1.05. The first-order chi connectivity index (χ1) is 12.1. The molecule has 0 amide bonds. The Hall–Kier alpha value is -2.92. The van der Waals surface area contributed by atoms with Crippen molar-refractivity contribution in [3.05, 3.63) is 45.7 Å². The average molecular weight is 361 g/mol. The number of nitrogens with two attached hydrogens (primary N) is 1. The van der Waals surface area contributed by atoms with E-state index in [4.69, 9.17) is 10.5 Å². The van der Waals surface area contributed by atoms with Crippen molar-refractivity contribution < 1.29 is 9.66 Å². The average Bonchev–Trinajstić information content (AvgIpc) is 3.23. The predicted molar refractivity (Wildman–Crippen MR) is 92.0 cm³/mol. The van der Waals surface area contributed by atoms with Crippen LogP contribution in [0.3, 0.4) is 0 Å². The molecule has 2 aromatic rings. The fourth-order valence-corrected chi connectivity index (χ4v) is 3.40. The second-order valence-corrected chi connectivity index (χ2v) is 6.58. The normalized spacial score (nSPS) is 18.6. The van der Waals surface area contributed by atoms with Crippen molar-refractivity contribution in [3.63, 3.8) is 0 Å². The van der Waals surface area contributed by atoms with Gasteiger partial charge in [0.2, 0.25) is 0 Å². The number of aromatic nitrogens is 3. The zero-order valence-electron chi connectivity index (χ0n) is 13.1. The van der Waals surface area contributed by atoms with Crippen LogP contribution >= 0.6 is 11.3 Å². The third-order valence-electron chi connectivity index (χ3n) is 3.87. The minimum atomic E-state index is -0.420. The van der Waals surface area contributed by atoms with Crippen molar-refractivity contribution in [2.24, 2.45) is 5.73 Å². The molecule has 1 saturated heterocycles. The molecule has 0 aromatic carbocycles. The number of morpholine rings is 1. The maximum atomic E-state index is 10.9. The van der Waals surface area contributed by atoms with Gasteiger partial charge in [0.25, 0.3) is 0 Å². The van der Waals surface area contributed by atoms with Crippen LogP contribution in [0, 0.1) is 10.1 Å². The van der Waals surface area contributed by atoms with Crippen LogP contribution in [0.1, 0.15) is 5.82 Å². The topological polar surface area (TPSA) is 124 Å². The van der Waals surface area contributed by atoms with Gasteiger partial charge in [0.05, 0.1) is 34.4 Å². The summed E-state index contributed by atoms with van der Waals surface area (Å²) in [6.07, 6.45) is 3.67. The van der Waals surface area contributed by atoms with Gasteiger partial charge in [-0.1, -0.05) is 11.3 Å². The molecule has 1 fully saturated rings. The van der Waals surface area contributed by atoms with E-state index in [0.717, 1.165) is 30.1 Å². The van der Waals surface area contributed by atoms with Crippen molar-refractivity contribution in [2.75, 3.05) is 31.7 Å². The van der Waals surface area contributed by atoms with Crippen molar-refractivity contribution >= 4 is 22.4 Å². The van der Waals surface area contributed by atoms with E-state index in [1.165, 1.54) is 6.07 Å². The van der Waals surface area contributed by atoms with Gasteiger partial charge in [0.1, 0.15) is 0 Å². The van der Waals surface area contributed by atoms with Crippen LogP contribution in [-0.4, -0.2) is 51.0 Å². The molecule has 4 heterocycles. The number of thiophene rings is 1. The van der Waals surface area contributed by atoms with Crippen LogP contribution in [-0.2, 0) is 4.74 Å². The van der Waals surface area contributed by atoms with Gasteiger partial charge in [-0.3, -0.25) is 15.5 Å². The summed E-state index contributed by atoms with van der Waals surface area (Å²) in [6.45, 7) is 2.93. The number of nitrogens with zero attached hydrogens (tertiary/aromatic N) is 5. The largest absolute Gasteiger partial charge is 0.397 e. The molecule has 0 saturated carbocycles. The molecule has 11 heteroatoms. The molecule has 130 valence electrons. The lowest BCUT2D eigenvalue weighted by Gasteiger charge is -2.28.